The second-order valence-corrected chi connectivity index (χ2v) is 9.20. The standard InChI is InChI=1S/C25H23NO5S2/c1-29-19-9-4-17(5-10-19)8-13-23(27)31-20-11-6-18(7-12-20)15-22-24(28)26(25(32)33-22)16-21-3-2-14-30-21/h4-13,15,21H,2-3,14,16H2,1H3/b13-8+,22-15-/t21-/m0/s1. The predicted molar refractivity (Wildman–Crippen MR) is 133 cm³/mol. The highest BCUT2D eigenvalue weighted by Gasteiger charge is 2.34. The van der Waals surface area contributed by atoms with Crippen molar-refractivity contribution >= 4 is 52.3 Å². The largest absolute Gasteiger partial charge is 0.497 e. The third-order valence-electron chi connectivity index (χ3n) is 5.21. The monoisotopic (exact) mass is 481 g/mol. The molecule has 0 bridgehead atoms. The molecule has 0 N–H and O–H groups in total. The number of hydrogen-bond donors (Lipinski definition) is 0. The fraction of sp³-hybridized carbons (Fsp3) is 0.240. The lowest BCUT2D eigenvalue weighted by molar-refractivity contribution is -0.129. The zero-order chi connectivity index (χ0) is 23.2. The zero-order valence-corrected chi connectivity index (χ0v) is 19.7. The molecule has 8 heteroatoms. The predicted octanol–water partition coefficient (Wildman–Crippen LogP) is 4.69. The average molecular weight is 482 g/mol. The number of thiocarbonyl (C=S) groups is 1. The Labute approximate surface area is 202 Å². The molecule has 2 fully saturated rings. The Bertz CT molecular complexity index is 1090. The van der Waals surface area contributed by atoms with Gasteiger partial charge in [-0.2, -0.15) is 0 Å². The number of nitrogens with zero attached hydrogens (tertiary/aromatic N) is 1. The molecule has 6 nitrogen and oxygen atoms in total. The van der Waals surface area contributed by atoms with Gasteiger partial charge in [-0.05, 0) is 60.4 Å². The molecule has 4 rings (SSSR count). The molecule has 2 saturated heterocycles. The Morgan fingerprint density at radius 3 is 2.52 bits per heavy atom. The summed E-state index contributed by atoms with van der Waals surface area (Å²) in [7, 11) is 1.60. The van der Waals surface area contributed by atoms with Crippen LogP contribution < -0.4 is 9.47 Å². The van der Waals surface area contributed by atoms with E-state index in [1.54, 1.807) is 48.4 Å². The summed E-state index contributed by atoms with van der Waals surface area (Å²) in [5, 5.41) is 0. The van der Waals surface area contributed by atoms with E-state index in [-0.39, 0.29) is 12.0 Å². The van der Waals surface area contributed by atoms with Crippen LogP contribution in [0.15, 0.2) is 59.5 Å². The van der Waals surface area contributed by atoms with Gasteiger partial charge in [-0.25, -0.2) is 4.79 Å². The molecule has 0 unspecified atom stereocenters. The summed E-state index contributed by atoms with van der Waals surface area (Å²) in [4.78, 5) is 27.1. The Morgan fingerprint density at radius 1 is 1.15 bits per heavy atom. The van der Waals surface area contributed by atoms with Crippen molar-refractivity contribution < 1.29 is 23.8 Å². The fourth-order valence-corrected chi connectivity index (χ4v) is 4.74. The Hall–Kier alpha value is -2.94. The molecule has 170 valence electrons. The molecule has 0 spiro atoms. The van der Waals surface area contributed by atoms with Crippen LogP contribution in [0.3, 0.4) is 0 Å². The van der Waals surface area contributed by atoms with Crippen LogP contribution in [0, 0.1) is 0 Å². The van der Waals surface area contributed by atoms with Crippen LogP contribution in [-0.2, 0) is 14.3 Å². The maximum atomic E-state index is 12.8. The lowest BCUT2D eigenvalue weighted by Crippen LogP contribution is -2.35. The van der Waals surface area contributed by atoms with Crippen LogP contribution in [0.1, 0.15) is 24.0 Å². The van der Waals surface area contributed by atoms with Gasteiger partial charge >= 0.3 is 5.97 Å². The lowest BCUT2D eigenvalue weighted by atomic mass is 10.2. The highest BCUT2D eigenvalue weighted by Crippen LogP contribution is 2.33. The number of hydrogen-bond acceptors (Lipinski definition) is 7. The molecule has 0 aromatic heterocycles. The first kappa shape index (κ1) is 23.2. The molecule has 2 aliphatic rings. The third-order valence-corrected chi connectivity index (χ3v) is 6.59. The second kappa shape index (κ2) is 10.8. The van der Waals surface area contributed by atoms with Crippen molar-refractivity contribution in [2.75, 3.05) is 20.3 Å². The van der Waals surface area contributed by atoms with E-state index in [1.165, 1.54) is 17.8 Å². The van der Waals surface area contributed by atoms with Gasteiger partial charge in [-0.15, -0.1) is 0 Å². The summed E-state index contributed by atoms with van der Waals surface area (Å²) in [6.45, 7) is 1.24. The number of methoxy groups -OCH3 is 1. The summed E-state index contributed by atoms with van der Waals surface area (Å²) in [5.41, 5.74) is 1.68. The number of carbonyl (C=O) groups is 2. The van der Waals surface area contributed by atoms with Crippen molar-refractivity contribution in [1.82, 2.24) is 4.90 Å². The van der Waals surface area contributed by atoms with E-state index < -0.39 is 5.97 Å². The highest BCUT2D eigenvalue weighted by atomic mass is 32.2. The van der Waals surface area contributed by atoms with Gasteiger partial charge in [0.15, 0.2) is 0 Å². The van der Waals surface area contributed by atoms with Gasteiger partial charge in [-0.3, -0.25) is 9.69 Å². The van der Waals surface area contributed by atoms with Crippen molar-refractivity contribution in [3.05, 3.63) is 70.6 Å². The normalized spacial score (nSPS) is 19.6. The average Bonchev–Trinajstić information content (AvgIpc) is 3.43. The zero-order valence-electron chi connectivity index (χ0n) is 18.1. The number of ether oxygens (including phenoxy) is 3. The van der Waals surface area contributed by atoms with Crippen LogP contribution in [0.25, 0.3) is 12.2 Å². The van der Waals surface area contributed by atoms with Gasteiger partial charge in [0.25, 0.3) is 5.91 Å². The van der Waals surface area contributed by atoms with Crippen molar-refractivity contribution in [2.45, 2.75) is 18.9 Å². The summed E-state index contributed by atoms with van der Waals surface area (Å²) in [5.74, 6) is 0.593. The van der Waals surface area contributed by atoms with E-state index in [4.69, 9.17) is 26.4 Å². The third kappa shape index (κ3) is 6.10. The SMILES string of the molecule is COc1ccc(/C=C/C(=O)Oc2ccc(/C=C3\SC(=S)N(C[C@@H]4CCCO4)C3=O)cc2)cc1. The minimum Gasteiger partial charge on any atom is -0.497 e. The minimum absolute atomic E-state index is 0.0552. The molecule has 2 aromatic carbocycles. The van der Waals surface area contributed by atoms with Crippen molar-refractivity contribution in [1.29, 1.82) is 0 Å². The van der Waals surface area contributed by atoms with Gasteiger partial charge in [0.05, 0.1) is 24.7 Å². The molecule has 1 atom stereocenters. The summed E-state index contributed by atoms with van der Waals surface area (Å²) in [6, 6.07) is 14.3. The van der Waals surface area contributed by atoms with Gasteiger partial charge in [-0.1, -0.05) is 48.2 Å². The Morgan fingerprint density at radius 2 is 1.85 bits per heavy atom. The van der Waals surface area contributed by atoms with E-state index in [9.17, 15) is 9.59 Å². The maximum Gasteiger partial charge on any atom is 0.336 e. The summed E-state index contributed by atoms with van der Waals surface area (Å²) in [6.07, 6.45) is 6.86. The molecular formula is C25H23NO5S2. The summed E-state index contributed by atoms with van der Waals surface area (Å²) >= 11 is 6.68. The van der Waals surface area contributed by atoms with Gasteiger partial charge in [0, 0.05) is 12.7 Å². The first-order chi connectivity index (χ1) is 16.0. The molecule has 0 aliphatic carbocycles. The van der Waals surface area contributed by atoms with Crippen LogP contribution in [0.5, 0.6) is 11.5 Å². The smallest absolute Gasteiger partial charge is 0.336 e. The van der Waals surface area contributed by atoms with E-state index in [0.717, 1.165) is 36.3 Å². The topological polar surface area (TPSA) is 65.1 Å². The molecule has 33 heavy (non-hydrogen) atoms. The van der Waals surface area contributed by atoms with Crippen LogP contribution in [0.4, 0.5) is 0 Å². The molecule has 1 amide bonds. The van der Waals surface area contributed by atoms with E-state index >= 15 is 0 Å². The Kier molecular flexibility index (Phi) is 7.59. The number of carbonyl (C=O) groups excluding carboxylic acids is 2. The maximum absolute atomic E-state index is 12.8. The fourth-order valence-electron chi connectivity index (χ4n) is 3.46. The second-order valence-electron chi connectivity index (χ2n) is 7.52. The van der Waals surface area contributed by atoms with Crippen molar-refractivity contribution in [3.63, 3.8) is 0 Å². The number of benzene rings is 2. The van der Waals surface area contributed by atoms with Gasteiger partial charge in [0.1, 0.15) is 15.8 Å². The quantitative estimate of drug-likeness (QED) is 0.246. The van der Waals surface area contributed by atoms with Crippen LogP contribution in [-0.4, -0.2) is 47.5 Å². The number of rotatable bonds is 7. The van der Waals surface area contributed by atoms with Crippen LogP contribution in [0.2, 0.25) is 0 Å². The first-order valence-electron chi connectivity index (χ1n) is 10.5. The van der Waals surface area contributed by atoms with Crippen LogP contribution >= 0.6 is 24.0 Å². The number of amides is 1. The molecular weight excluding hydrogens is 458 g/mol. The summed E-state index contributed by atoms with van der Waals surface area (Å²) < 4.78 is 16.6. The van der Waals surface area contributed by atoms with E-state index in [0.29, 0.717) is 21.5 Å². The number of thioether (sulfide) groups is 1. The molecule has 0 saturated carbocycles. The van der Waals surface area contributed by atoms with Crippen molar-refractivity contribution in [2.24, 2.45) is 0 Å². The number of esters is 1. The highest BCUT2D eigenvalue weighted by molar-refractivity contribution is 8.26. The molecule has 0 radical (unpaired) electrons. The minimum atomic E-state index is -0.478. The van der Waals surface area contributed by atoms with Gasteiger partial charge in [0.2, 0.25) is 0 Å². The lowest BCUT2D eigenvalue weighted by Gasteiger charge is -2.18. The molecule has 2 heterocycles. The van der Waals surface area contributed by atoms with E-state index in [2.05, 4.69) is 0 Å². The van der Waals surface area contributed by atoms with E-state index in [1.807, 2.05) is 24.3 Å². The molecule has 2 aliphatic heterocycles. The van der Waals surface area contributed by atoms with Gasteiger partial charge < -0.3 is 14.2 Å². The molecule has 2 aromatic rings. The Balaban J connectivity index is 1.34. The first-order valence-corrected chi connectivity index (χ1v) is 11.8. The van der Waals surface area contributed by atoms with Crippen molar-refractivity contribution in [3.8, 4) is 11.5 Å².